The number of nitrogens with zero attached hydrogens (tertiary/aromatic N) is 1. The first-order chi connectivity index (χ1) is 12.6. The molecule has 1 amide bonds. The van der Waals surface area contributed by atoms with Gasteiger partial charge in [0.2, 0.25) is 0 Å². The van der Waals surface area contributed by atoms with Gasteiger partial charge in [0.1, 0.15) is 0 Å². The number of carbonyl (C=O) groups excluding carboxylic acids is 1. The third-order valence-corrected chi connectivity index (χ3v) is 5.32. The lowest BCUT2D eigenvalue weighted by Crippen LogP contribution is -2.33. The van der Waals surface area contributed by atoms with Crippen molar-refractivity contribution in [3.63, 3.8) is 0 Å². The molecule has 0 heterocycles. The van der Waals surface area contributed by atoms with Crippen molar-refractivity contribution in [1.82, 2.24) is 10.2 Å². The maximum atomic E-state index is 12.4. The van der Waals surface area contributed by atoms with Crippen LogP contribution >= 0.6 is 24.8 Å². The van der Waals surface area contributed by atoms with E-state index in [1.807, 2.05) is 6.07 Å². The van der Waals surface area contributed by atoms with Crippen molar-refractivity contribution in [2.75, 3.05) is 12.8 Å². The molecule has 1 aliphatic rings. The maximum absolute atomic E-state index is 12.4. The van der Waals surface area contributed by atoms with E-state index in [0.29, 0.717) is 23.8 Å². The van der Waals surface area contributed by atoms with Gasteiger partial charge in [-0.25, -0.2) is 0 Å². The molecular formula is C22H31Cl2N3O. The van der Waals surface area contributed by atoms with Crippen LogP contribution in [0.5, 0.6) is 0 Å². The normalized spacial score (nSPS) is 14.1. The summed E-state index contributed by atoms with van der Waals surface area (Å²) in [6.45, 7) is 1.46. The zero-order valence-corrected chi connectivity index (χ0v) is 18.0. The molecule has 4 nitrogen and oxygen atoms in total. The molecule has 0 unspecified atom stereocenters. The molecule has 0 radical (unpaired) electrons. The van der Waals surface area contributed by atoms with Gasteiger partial charge < -0.3 is 11.1 Å². The molecule has 1 fully saturated rings. The average molecular weight is 424 g/mol. The van der Waals surface area contributed by atoms with Crippen LogP contribution in [-0.2, 0) is 13.1 Å². The summed E-state index contributed by atoms with van der Waals surface area (Å²) in [4.78, 5) is 14.8. The molecule has 2 aromatic carbocycles. The number of carbonyl (C=O) groups is 1. The fraction of sp³-hybridized carbons (Fsp3) is 0.409. The van der Waals surface area contributed by atoms with Crippen molar-refractivity contribution in [3.05, 3.63) is 65.2 Å². The van der Waals surface area contributed by atoms with Gasteiger partial charge in [0.25, 0.3) is 5.91 Å². The summed E-state index contributed by atoms with van der Waals surface area (Å²) in [5.41, 5.74) is 9.43. The molecule has 3 rings (SSSR count). The van der Waals surface area contributed by atoms with Crippen LogP contribution in [0.25, 0.3) is 0 Å². The van der Waals surface area contributed by atoms with Crippen LogP contribution in [0.4, 0.5) is 5.69 Å². The molecule has 1 saturated carbocycles. The number of anilines is 1. The highest BCUT2D eigenvalue weighted by Crippen LogP contribution is 2.23. The zero-order valence-electron chi connectivity index (χ0n) is 16.4. The summed E-state index contributed by atoms with van der Waals surface area (Å²) < 4.78 is 0. The summed E-state index contributed by atoms with van der Waals surface area (Å²) in [6.07, 6.45) is 6.65. The van der Waals surface area contributed by atoms with E-state index in [9.17, 15) is 4.79 Å². The fourth-order valence-electron chi connectivity index (χ4n) is 3.76. The Hall–Kier alpha value is -1.75. The van der Waals surface area contributed by atoms with Gasteiger partial charge in [0.15, 0.2) is 0 Å². The maximum Gasteiger partial charge on any atom is 0.251 e. The first-order valence-corrected chi connectivity index (χ1v) is 9.54. The van der Waals surface area contributed by atoms with E-state index in [1.54, 1.807) is 24.3 Å². The van der Waals surface area contributed by atoms with E-state index in [1.165, 1.54) is 43.2 Å². The second-order valence-corrected chi connectivity index (χ2v) is 7.28. The fourth-order valence-corrected chi connectivity index (χ4v) is 3.76. The number of nitrogens with one attached hydrogen (secondary N) is 1. The lowest BCUT2D eigenvalue weighted by molar-refractivity contribution is 0.0950. The summed E-state index contributed by atoms with van der Waals surface area (Å²) >= 11 is 0. The summed E-state index contributed by atoms with van der Waals surface area (Å²) in [7, 11) is 2.22. The zero-order chi connectivity index (χ0) is 18.4. The van der Waals surface area contributed by atoms with Gasteiger partial charge in [-0.1, -0.05) is 49.6 Å². The molecule has 28 heavy (non-hydrogen) atoms. The molecule has 3 N–H and O–H groups in total. The van der Waals surface area contributed by atoms with Gasteiger partial charge in [0.05, 0.1) is 0 Å². The van der Waals surface area contributed by atoms with E-state index < -0.39 is 0 Å². The molecule has 0 aliphatic heterocycles. The van der Waals surface area contributed by atoms with Crippen LogP contribution in [0.1, 0.15) is 53.6 Å². The van der Waals surface area contributed by atoms with Crippen LogP contribution in [0.15, 0.2) is 48.5 Å². The van der Waals surface area contributed by atoms with Gasteiger partial charge in [-0.2, -0.15) is 0 Å². The van der Waals surface area contributed by atoms with Crippen molar-refractivity contribution in [3.8, 4) is 0 Å². The molecule has 0 bridgehead atoms. The smallest absolute Gasteiger partial charge is 0.251 e. The Morgan fingerprint density at radius 2 is 1.71 bits per heavy atom. The van der Waals surface area contributed by atoms with E-state index in [-0.39, 0.29) is 30.7 Å². The van der Waals surface area contributed by atoms with Gasteiger partial charge in [-0.15, -0.1) is 24.8 Å². The average Bonchev–Trinajstić information content (AvgIpc) is 2.67. The minimum atomic E-state index is -0.0901. The number of halogens is 2. The van der Waals surface area contributed by atoms with E-state index >= 15 is 0 Å². The Balaban J connectivity index is 0.00000196. The Labute approximate surface area is 180 Å². The predicted molar refractivity (Wildman–Crippen MR) is 121 cm³/mol. The highest BCUT2D eigenvalue weighted by atomic mass is 35.5. The Kier molecular flexibility index (Phi) is 10.4. The highest BCUT2D eigenvalue weighted by molar-refractivity contribution is 5.94. The molecule has 0 atom stereocenters. The van der Waals surface area contributed by atoms with Gasteiger partial charge >= 0.3 is 0 Å². The van der Waals surface area contributed by atoms with Crippen LogP contribution in [0.3, 0.4) is 0 Å². The monoisotopic (exact) mass is 423 g/mol. The summed E-state index contributed by atoms with van der Waals surface area (Å²) in [5.74, 6) is -0.0901. The van der Waals surface area contributed by atoms with Gasteiger partial charge in [-0.3, -0.25) is 9.69 Å². The van der Waals surface area contributed by atoms with Gasteiger partial charge in [-0.05, 0) is 49.2 Å². The molecule has 0 aromatic heterocycles. The van der Waals surface area contributed by atoms with Crippen molar-refractivity contribution in [1.29, 1.82) is 0 Å². The van der Waals surface area contributed by atoms with Crippen LogP contribution in [-0.4, -0.2) is 23.9 Å². The second-order valence-electron chi connectivity index (χ2n) is 7.28. The number of hydrogen-bond acceptors (Lipinski definition) is 3. The molecule has 1 aliphatic carbocycles. The van der Waals surface area contributed by atoms with E-state index in [4.69, 9.17) is 5.73 Å². The molecular weight excluding hydrogens is 393 g/mol. The molecule has 2 aromatic rings. The topological polar surface area (TPSA) is 58.4 Å². The first-order valence-electron chi connectivity index (χ1n) is 9.54. The van der Waals surface area contributed by atoms with Crippen molar-refractivity contribution >= 4 is 36.4 Å². The number of hydrogen-bond donors (Lipinski definition) is 2. The number of nitrogens with two attached hydrogens (primary N) is 1. The first kappa shape index (κ1) is 24.3. The third kappa shape index (κ3) is 6.69. The minimum absolute atomic E-state index is 0. The number of amides is 1. The second kappa shape index (κ2) is 11.9. The molecule has 6 heteroatoms. The van der Waals surface area contributed by atoms with Crippen molar-refractivity contribution in [2.45, 2.75) is 51.2 Å². The Morgan fingerprint density at radius 3 is 2.39 bits per heavy atom. The standard InChI is InChI=1S/C22H29N3O.2ClH/c1-25(21-12-3-2-4-13-21)16-19-9-6-5-8-18(19)15-24-22(26)17-10-7-11-20(23)14-17;;/h5-11,14,21H,2-4,12-13,15-16,23H2,1H3,(H,24,26);2*1H. The van der Waals surface area contributed by atoms with Crippen LogP contribution in [0, 0.1) is 0 Å². The molecule has 0 spiro atoms. The number of benzene rings is 2. The largest absolute Gasteiger partial charge is 0.399 e. The SMILES string of the molecule is CN(Cc1ccccc1CNC(=O)c1cccc(N)c1)C1CCCCC1.Cl.Cl. The number of nitrogen functional groups attached to an aromatic ring is 1. The lowest BCUT2D eigenvalue weighted by atomic mass is 9.94. The predicted octanol–water partition coefficient (Wildman–Crippen LogP) is 4.81. The van der Waals surface area contributed by atoms with Gasteiger partial charge in [0, 0.05) is 30.4 Å². The Morgan fingerprint density at radius 1 is 1.04 bits per heavy atom. The summed E-state index contributed by atoms with van der Waals surface area (Å²) in [5, 5.41) is 3.02. The van der Waals surface area contributed by atoms with Crippen LogP contribution in [0.2, 0.25) is 0 Å². The van der Waals surface area contributed by atoms with Crippen molar-refractivity contribution in [2.24, 2.45) is 0 Å². The third-order valence-electron chi connectivity index (χ3n) is 5.32. The van der Waals surface area contributed by atoms with Crippen molar-refractivity contribution < 1.29 is 4.79 Å². The highest BCUT2D eigenvalue weighted by Gasteiger charge is 2.18. The summed E-state index contributed by atoms with van der Waals surface area (Å²) in [6, 6.07) is 16.1. The quantitative estimate of drug-likeness (QED) is 0.655. The lowest BCUT2D eigenvalue weighted by Gasteiger charge is -2.31. The molecule has 154 valence electrons. The minimum Gasteiger partial charge on any atom is -0.399 e. The Bertz CT molecular complexity index is 748. The molecule has 0 saturated heterocycles. The van der Waals surface area contributed by atoms with Crippen LogP contribution < -0.4 is 11.1 Å². The van der Waals surface area contributed by atoms with E-state index in [2.05, 4.69) is 35.5 Å². The van der Waals surface area contributed by atoms with E-state index in [0.717, 1.165) is 6.54 Å². The number of rotatable bonds is 6.